The molecule has 0 aromatic heterocycles. The molecule has 5 nitrogen and oxygen atoms in total. The lowest BCUT2D eigenvalue weighted by Crippen LogP contribution is -2.27. The van der Waals surface area contributed by atoms with E-state index in [0.29, 0.717) is 13.2 Å². The van der Waals surface area contributed by atoms with Crippen LogP contribution in [0.5, 0.6) is 5.75 Å². The lowest BCUT2D eigenvalue weighted by molar-refractivity contribution is -0.117. The lowest BCUT2D eigenvalue weighted by atomic mass is 10.1. The summed E-state index contributed by atoms with van der Waals surface area (Å²) in [7, 11) is 3.15. The van der Waals surface area contributed by atoms with Crippen LogP contribution in [0, 0.1) is 18.3 Å². The van der Waals surface area contributed by atoms with E-state index in [1.165, 1.54) is 0 Å². The number of nitrogens with one attached hydrogen (secondary N) is 1. The Balaban J connectivity index is 2.86. The van der Waals surface area contributed by atoms with Crippen molar-refractivity contribution in [2.24, 2.45) is 0 Å². The van der Waals surface area contributed by atoms with Crippen LogP contribution in [0.3, 0.4) is 0 Å². The Morgan fingerprint density at radius 2 is 2.20 bits per heavy atom. The van der Waals surface area contributed by atoms with Crippen LogP contribution >= 0.6 is 0 Å². The molecule has 0 heterocycles. The van der Waals surface area contributed by atoms with E-state index in [4.69, 9.17) is 14.7 Å². The molecule has 0 unspecified atom stereocenters. The van der Waals surface area contributed by atoms with Gasteiger partial charge < -0.3 is 14.8 Å². The molecular formula is C15H18N2O3. The van der Waals surface area contributed by atoms with Crippen LogP contribution in [0.15, 0.2) is 23.8 Å². The minimum absolute atomic E-state index is 0.0608. The van der Waals surface area contributed by atoms with E-state index >= 15 is 0 Å². The van der Waals surface area contributed by atoms with E-state index in [9.17, 15) is 4.79 Å². The van der Waals surface area contributed by atoms with Crippen LogP contribution < -0.4 is 10.1 Å². The molecule has 0 aliphatic heterocycles. The molecule has 0 spiro atoms. The third-order valence-corrected chi connectivity index (χ3v) is 2.69. The fourth-order valence-corrected chi connectivity index (χ4v) is 1.67. The molecule has 1 aromatic carbocycles. The van der Waals surface area contributed by atoms with Crippen molar-refractivity contribution in [3.8, 4) is 11.8 Å². The van der Waals surface area contributed by atoms with Gasteiger partial charge >= 0.3 is 0 Å². The summed E-state index contributed by atoms with van der Waals surface area (Å²) in [4.78, 5) is 11.8. The summed E-state index contributed by atoms with van der Waals surface area (Å²) in [6, 6.07) is 7.36. The highest BCUT2D eigenvalue weighted by molar-refractivity contribution is 6.01. The van der Waals surface area contributed by atoms with Gasteiger partial charge in [0.15, 0.2) is 0 Å². The van der Waals surface area contributed by atoms with Crippen molar-refractivity contribution in [1.82, 2.24) is 5.32 Å². The molecule has 0 atom stereocenters. The van der Waals surface area contributed by atoms with Crippen molar-refractivity contribution < 1.29 is 14.3 Å². The minimum Gasteiger partial charge on any atom is -0.496 e. The summed E-state index contributed by atoms with van der Waals surface area (Å²) in [6.07, 6.45) is 1.55. The number of methoxy groups -OCH3 is 2. The number of carbonyl (C=O) groups excluding carboxylic acids is 1. The van der Waals surface area contributed by atoms with Crippen LogP contribution in [0.4, 0.5) is 0 Å². The zero-order valence-corrected chi connectivity index (χ0v) is 11.9. The SMILES string of the molecule is COCCNC(=O)/C(C#N)=C/c1ccc(OC)c(C)c1. The Morgan fingerprint density at radius 1 is 1.45 bits per heavy atom. The van der Waals surface area contributed by atoms with Gasteiger partial charge in [-0.2, -0.15) is 5.26 Å². The van der Waals surface area contributed by atoms with Crippen molar-refractivity contribution in [2.45, 2.75) is 6.92 Å². The molecule has 20 heavy (non-hydrogen) atoms. The van der Waals surface area contributed by atoms with Gasteiger partial charge in [-0.05, 0) is 36.3 Å². The number of hydrogen-bond acceptors (Lipinski definition) is 4. The summed E-state index contributed by atoms with van der Waals surface area (Å²) in [5.41, 5.74) is 1.78. The normalized spacial score (nSPS) is 10.8. The van der Waals surface area contributed by atoms with Crippen molar-refractivity contribution >= 4 is 12.0 Å². The first-order valence-corrected chi connectivity index (χ1v) is 6.16. The van der Waals surface area contributed by atoms with Gasteiger partial charge in [0.1, 0.15) is 17.4 Å². The standard InChI is InChI=1S/C15H18N2O3/c1-11-8-12(4-5-14(11)20-3)9-13(10-16)15(18)17-6-7-19-2/h4-5,8-9H,6-7H2,1-3H3,(H,17,18)/b13-9+. The van der Waals surface area contributed by atoms with Gasteiger partial charge in [-0.1, -0.05) is 6.07 Å². The first-order valence-electron chi connectivity index (χ1n) is 6.16. The van der Waals surface area contributed by atoms with Crippen LogP contribution in [0.1, 0.15) is 11.1 Å². The van der Waals surface area contributed by atoms with Crippen molar-refractivity contribution in [3.63, 3.8) is 0 Å². The van der Waals surface area contributed by atoms with Crippen LogP contribution in [0.2, 0.25) is 0 Å². The highest BCUT2D eigenvalue weighted by Crippen LogP contribution is 2.19. The maximum Gasteiger partial charge on any atom is 0.262 e. The van der Waals surface area contributed by atoms with Gasteiger partial charge in [-0.3, -0.25) is 4.79 Å². The van der Waals surface area contributed by atoms with E-state index in [1.54, 1.807) is 32.4 Å². The number of ether oxygens (including phenoxy) is 2. The molecule has 1 aromatic rings. The molecule has 0 fully saturated rings. The van der Waals surface area contributed by atoms with Crippen LogP contribution in [-0.2, 0) is 9.53 Å². The molecule has 1 rings (SSSR count). The predicted molar refractivity (Wildman–Crippen MR) is 76.2 cm³/mol. The highest BCUT2D eigenvalue weighted by Gasteiger charge is 2.08. The first kappa shape index (κ1) is 15.7. The fraction of sp³-hybridized carbons (Fsp3) is 0.333. The maximum atomic E-state index is 11.8. The Bertz CT molecular complexity index is 545. The molecule has 0 saturated heterocycles. The predicted octanol–water partition coefficient (Wildman–Crippen LogP) is 1.67. The Labute approximate surface area is 118 Å². The Kier molecular flexibility index (Phi) is 6.27. The second kappa shape index (κ2) is 7.97. The number of carbonyl (C=O) groups is 1. The summed E-state index contributed by atoms with van der Waals surface area (Å²) in [6.45, 7) is 2.68. The van der Waals surface area contributed by atoms with Crippen molar-refractivity contribution in [3.05, 3.63) is 34.9 Å². The number of benzene rings is 1. The van der Waals surface area contributed by atoms with Gasteiger partial charge in [-0.15, -0.1) is 0 Å². The van der Waals surface area contributed by atoms with E-state index in [-0.39, 0.29) is 5.57 Å². The fourth-order valence-electron chi connectivity index (χ4n) is 1.67. The van der Waals surface area contributed by atoms with E-state index < -0.39 is 5.91 Å². The maximum absolute atomic E-state index is 11.8. The van der Waals surface area contributed by atoms with Gasteiger partial charge in [0.25, 0.3) is 5.91 Å². The van der Waals surface area contributed by atoms with E-state index in [2.05, 4.69) is 5.32 Å². The quantitative estimate of drug-likeness (QED) is 0.486. The Morgan fingerprint density at radius 3 is 2.75 bits per heavy atom. The summed E-state index contributed by atoms with van der Waals surface area (Å²) in [5.74, 6) is 0.364. The van der Waals surface area contributed by atoms with Crippen LogP contribution in [0.25, 0.3) is 6.08 Å². The molecule has 0 aliphatic carbocycles. The van der Waals surface area contributed by atoms with Gasteiger partial charge in [-0.25, -0.2) is 0 Å². The molecule has 0 aliphatic rings. The summed E-state index contributed by atoms with van der Waals surface area (Å²) >= 11 is 0. The Hall–Kier alpha value is -2.32. The van der Waals surface area contributed by atoms with Gasteiger partial charge in [0, 0.05) is 13.7 Å². The monoisotopic (exact) mass is 274 g/mol. The molecular weight excluding hydrogens is 256 g/mol. The smallest absolute Gasteiger partial charge is 0.262 e. The van der Waals surface area contributed by atoms with Crippen molar-refractivity contribution in [2.75, 3.05) is 27.4 Å². The van der Waals surface area contributed by atoms with Gasteiger partial charge in [0.2, 0.25) is 0 Å². The largest absolute Gasteiger partial charge is 0.496 e. The van der Waals surface area contributed by atoms with E-state index in [0.717, 1.165) is 16.9 Å². The van der Waals surface area contributed by atoms with Crippen molar-refractivity contribution in [1.29, 1.82) is 5.26 Å². The molecule has 5 heteroatoms. The average Bonchev–Trinajstić information content (AvgIpc) is 2.45. The first-order chi connectivity index (χ1) is 9.62. The zero-order valence-electron chi connectivity index (χ0n) is 11.9. The molecule has 106 valence electrons. The van der Waals surface area contributed by atoms with E-state index in [1.807, 2.05) is 19.1 Å². The summed E-state index contributed by atoms with van der Waals surface area (Å²) < 4.78 is 10.00. The van der Waals surface area contributed by atoms with Gasteiger partial charge in [0.05, 0.1) is 13.7 Å². The molecule has 0 radical (unpaired) electrons. The second-order valence-corrected chi connectivity index (χ2v) is 4.15. The number of nitriles is 1. The average molecular weight is 274 g/mol. The number of rotatable bonds is 6. The minimum atomic E-state index is -0.405. The lowest BCUT2D eigenvalue weighted by Gasteiger charge is -2.06. The molecule has 0 saturated carbocycles. The molecule has 1 N–H and O–H groups in total. The molecule has 1 amide bonds. The number of aryl methyl sites for hydroxylation is 1. The number of nitrogens with zero attached hydrogens (tertiary/aromatic N) is 1. The highest BCUT2D eigenvalue weighted by atomic mass is 16.5. The zero-order chi connectivity index (χ0) is 15.0. The molecule has 0 bridgehead atoms. The number of hydrogen-bond donors (Lipinski definition) is 1. The second-order valence-electron chi connectivity index (χ2n) is 4.15. The topological polar surface area (TPSA) is 71.3 Å². The third kappa shape index (κ3) is 4.41. The third-order valence-electron chi connectivity index (χ3n) is 2.69. The summed E-state index contributed by atoms with van der Waals surface area (Å²) in [5, 5.41) is 11.7. The number of amides is 1. The van der Waals surface area contributed by atoms with Crippen LogP contribution in [-0.4, -0.2) is 33.3 Å².